The van der Waals surface area contributed by atoms with Crippen LogP contribution in [0.25, 0.3) is 5.69 Å². The van der Waals surface area contributed by atoms with E-state index in [0.717, 1.165) is 35.0 Å². The van der Waals surface area contributed by atoms with Crippen LogP contribution in [0.15, 0.2) is 29.4 Å². The maximum atomic E-state index is 12.0. The molecule has 0 saturated heterocycles. The number of hydrogen-bond donors (Lipinski definition) is 0. The van der Waals surface area contributed by atoms with Crippen LogP contribution >= 0.6 is 11.8 Å². The zero-order chi connectivity index (χ0) is 14.9. The van der Waals surface area contributed by atoms with Crippen LogP contribution < -0.4 is 0 Å². The molecule has 5 nitrogen and oxygen atoms in total. The minimum absolute atomic E-state index is 0.228. The van der Waals surface area contributed by atoms with Crippen LogP contribution in [0.3, 0.4) is 0 Å². The van der Waals surface area contributed by atoms with E-state index in [0.29, 0.717) is 12.2 Å². The number of aryl methyl sites for hydroxylation is 1. The Morgan fingerprint density at radius 1 is 1.43 bits per heavy atom. The summed E-state index contributed by atoms with van der Waals surface area (Å²) in [6.45, 7) is 4.09. The molecule has 0 amide bonds. The summed E-state index contributed by atoms with van der Waals surface area (Å²) in [5.41, 5.74) is 1.89. The SMILES string of the molecule is Cc1cccc(-n2nnnc2SC[C@@]2(C)CCCC2=O)c1. The van der Waals surface area contributed by atoms with Crippen molar-refractivity contribution in [2.75, 3.05) is 5.75 Å². The Balaban J connectivity index is 1.79. The summed E-state index contributed by atoms with van der Waals surface area (Å²) in [5, 5.41) is 12.7. The molecule has 0 aliphatic heterocycles. The van der Waals surface area contributed by atoms with E-state index < -0.39 is 0 Å². The van der Waals surface area contributed by atoms with Crippen LogP contribution in [0.2, 0.25) is 0 Å². The Morgan fingerprint density at radius 2 is 2.29 bits per heavy atom. The van der Waals surface area contributed by atoms with Gasteiger partial charge >= 0.3 is 0 Å². The van der Waals surface area contributed by atoms with Crippen molar-refractivity contribution in [2.45, 2.75) is 38.3 Å². The number of tetrazole rings is 1. The second kappa shape index (κ2) is 5.60. The molecular formula is C15H18N4OS. The van der Waals surface area contributed by atoms with E-state index >= 15 is 0 Å². The zero-order valence-corrected chi connectivity index (χ0v) is 13.1. The average Bonchev–Trinajstić information content (AvgIpc) is 3.05. The number of carbonyl (C=O) groups excluding carboxylic acids is 1. The van der Waals surface area contributed by atoms with Gasteiger partial charge in [0.05, 0.1) is 5.69 Å². The number of ketones is 1. The molecule has 0 N–H and O–H groups in total. The molecule has 1 aromatic heterocycles. The Kier molecular flexibility index (Phi) is 3.80. The molecule has 0 radical (unpaired) electrons. The number of thioether (sulfide) groups is 1. The summed E-state index contributed by atoms with van der Waals surface area (Å²) in [6.07, 6.45) is 2.67. The molecule has 1 fully saturated rings. The summed E-state index contributed by atoms with van der Waals surface area (Å²) in [7, 11) is 0. The second-order valence-corrected chi connectivity index (χ2v) is 6.78. The predicted molar refractivity (Wildman–Crippen MR) is 81.6 cm³/mol. The lowest BCUT2D eigenvalue weighted by molar-refractivity contribution is -0.124. The largest absolute Gasteiger partial charge is 0.299 e. The predicted octanol–water partition coefficient (Wildman–Crippen LogP) is 2.82. The summed E-state index contributed by atoms with van der Waals surface area (Å²) in [4.78, 5) is 12.0. The van der Waals surface area contributed by atoms with Gasteiger partial charge in [0.15, 0.2) is 0 Å². The molecule has 1 heterocycles. The summed E-state index contributed by atoms with van der Waals surface area (Å²) in [6, 6.07) is 8.06. The van der Waals surface area contributed by atoms with Crippen molar-refractivity contribution >= 4 is 17.5 Å². The van der Waals surface area contributed by atoms with Crippen molar-refractivity contribution in [1.29, 1.82) is 0 Å². The van der Waals surface area contributed by atoms with Crippen LogP contribution in [-0.2, 0) is 4.79 Å². The molecule has 6 heteroatoms. The number of rotatable bonds is 4. The quantitative estimate of drug-likeness (QED) is 0.813. The minimum atomic E-state index is -0.228. The highest BCUT2D eigenvalue weighted by Crippen LogP contribution is 2.38. The minimum Gasteiger partial charge on any atom is -0.299 e. The van der Waals surface area contributed by atoms with E-state index in [2.05, 4.69) is 22.4 Å². The van der Waals surface area contributed by atoms with Gasteiger partial charge in [0.25, 0.3) is 0 Å². The fraction of sp³-hybridized carbons (Fsp3) is 0.467. The van der Waals surface area contributed by atoms with Crippen LogP contribution in [-0.4, -0.2) is 31.7 Å². The highest BCUT2D eigenvalue weighted by atomic mass is 32.2. The van der Waals surface area contributed by atoms with Crippen LogP contribution in [0, 0.1) is 12.3 Å². The van der Waals surface area contributed by atoms with Gasteiger partial charge in [-0.15, -0.1) is 5.10 Å². The van der Waals surface area contributed by atoms with Crippen molar-refractivity contribution in [3.63, 3.8) is 0 Å². The lowest BCUT2D eigenvalue weighted by Crippen LogP contribution is -2.24. The molecule has 0 bridgehead atoms. The Bertz CT molecular complexity index is 669. The third-order valence-corrected chi connectivity index (χ3v) is 5.31. The van der Waals surface area contributed by atoms with Gasteiger partial charge in [-0.2, -0.15) is 4.68 Å². The van der Waals surface area contributed by atoms with E-state index in [9.17, 15) is 4.79 Å². The first-order chi connectivity index (χ1) is 10.1. The van der Waals surface area contributed by atoms with Gasteiger partial charge in [-0.1, -0.05) is 30.8 Å². The molecule has 1 aliphatic carbocycles. The third kappa shape index (κ3) is 2.85. The first-order valence-electron chi connectivity index (χ1n) is 7.10. The Labute approximate surface area is 128 Å². The van der Waals surface area contributed by atoms with E-state index in [-0.39, 0.29) is 5.41 Å². The van der Waals surface area contributed by atoms with Gasteiger partial charge in [-0.25, -0.2) is 0 Å². The molecule has 1 atom stereocenters. The molecule has 1 saturated carbocycles. The van der Waals surface area contributed by atoms with Crippen molar-refractivity contribution < 1.29 is 4.79 Å². The Morgan fingerprint density at radius 3 is 3.00 bits per heavy atom. The number of nitrogens with zero attached hydrogens (tertiary/aromatic N) is 4. The third-order valence-electron chi connectivity index (χ3n) is 4.01. The normalized spacial score (nSPS) is 21.9. The highest BCUT2D eigenvalue weighted by Gasteiger charge is 2.37. The second-order valence-electron chi connectivity index (χ2n) is 5.84. The maximum Gasteiger partial charge on any atom is 0.214 e. The molecule has 2 aromatic rings. The molecule has 21 heavy (non-hydrogen) atoms. The molecule has 3 rings (SSSR count). The highest BCUT2D eigenvalue weighted by molar-refractivity contribution is 7.99. The summed E-state index contributed by atoms with van der Waals surface area (Å²) < 4.78 is 1.74. The van der Waals surface area contributed by atoms with Crippen LogP contribution in [0.5, 0.6) is 0 Å². The fourth-order valence-electron chi connectivity index (χ4n) is 2.65. The first-order valence-corrected chi connectivity index (χ1v) is 8.09. The maximum absolute atomic E-state index is 12.0. The average molecular weight is 302 g/mol. The lowest BCUT2D eigenvalue weighted by atomic mass is 9.91. The molecule has 1 aliphatic rings. The van der Waals surface area contributed by atoms with Gasteiger partial charge in [-0.3, -0.25) is 4.79 Å². The lowest BCUT2D eigenvalue weighted by Gasteiger charge is -2.20. The molecule has 1 aromatic carbocycles. The standard InChI is InChI=1S/C15H18N4OS/c1-11-5-3-6-12(9-11)19-14(16-17-18-19)21-10-15(2)8-4-7-13(15)20/h3,5-6,9H,4,7-8,10H2,1-2H3/t15-/m1/s1. The smallest absolute Gasteiger partial charge is 0.214 e. The van der Waals surface area contributed by atoms with Crippen molar-refractivity contribution in [2.24, 2.45) is 5.41 Å². The fourth-order valence-corrected chi connectivity index (χ4v) is 3.76. The van der Waals surface area contributed by atoms with Crippen LogP contribution in [0.4, 0.5) is 0 Å². The first kappa shape index (κ1) is 14.3. The van der Waals surface area contributed by atoms with Crippen molar-refractivity contribution in [1.82, 2.24) is 20.2 Å². The number of Topliss-reactive ketones (excluding diaryl/α,β-unsaturated/α-hetero) is 1. The van der Waals surface area contributed by atoms with Crippen LogP contribution in [0.1, 0.15) is 31.7 Å². The topological polar surface area (TPSA) is 60.7 Å². The summed E-state index contributed by atoms with van der Waals surface area (Å²) in [5.74, 6) is 1.10. The Hall–Kier alpha value is -1.69. The van der Waals surface area contributed by atoms with Gasteiger partial charge in [0.2, 0.25) is 5.16 Å². The number of hydrogen-bond acceptors (Lipinski definition) is 5. The van der Waals surface area contributed by atoms with E-state index in [1.807, 2.05) is 31.2 Å². The molecule has 0 spiro atoms. The van der Waals surface area contributed by atoms with Gasteiger partial charge in [-0.05, 0) is 47.9 Å². The monoisotopic (exact) mass is 302 g/mol. The molecule has 0 unspecified atom stereocenters. The summed E-state index contributed by atoms with van der Waals surface area (Å²) >= 11 is 1.56. The van der Waals surface area contributed by atoms with E-state index in [1.54, 1.807) is 16.4 Å². The van der Waals surface area contributed by atoms with Gasteiger partial charge in [0, 0.05) is 17.6 Å². The van der Waals surface area contributed by atoms with Gasteiger partial charge < -0.3 is 0 Å². The molecule has 110 valence electrons. The molecular weight excluding hydrogens is 284 g/mol. The number of benzene rings is 1. The number of carbonyl (C=O) groups is 1. The van der Waals surface area contributed by atoms with Crippen molar-refractivity contribution in [3.05, 3.63) is 29.8 Å². The van der Waals surface area contributed by atoms with E-state index in [1.165, 1.54) is 0 Å². The van der Waals surface area contributed by atoms with E-state index in [4.69, 9.17) is 0 Å². The zero-order valence-electron chi connectivity index (χ0n) is 12.2. The number of aromatic nitrogens is 4. The van der Waals surface area contributed by atoms with Gasteiger partial charge in [0.1, 0.15) is 5.78 Å². The van der Waals surface area contributed by atoms with Crippen molar-refractivity contribution in [3.8, 4) is 5.69 Å².